The quantitative estimate of drug-likeness (QED) is 0.795. The largest absolute Gasteiger partial charge is 0.274 e. The van der Waals surface area contributed by atoms with Crippen LogP contribution in [0, 0.1) is 0 Å². The fourth-order valence-electron chi connectivity index (χ4n) is 2.15. The zero-order valence-corrected chi connectivity index (χ0v) is 11.7. The van der Waals surface area contributed by atoms with Gasteiger partial charge in [0.15, 0.2) is 0 Å². The molecule has 5 nitrogen and oxygen atoms in total. The average Bonchev–Trinajstić information content (AvgIpc) is 2.83. The van der Waals surface area contributed by atoms with Crippen molar-refractivity contribution >= 4 is 27.7 Å². The van der Waals surface area contributed by atoms with E-state index in [1.54, 1.807) is 42.2 Å². The maximum absolute atomic E-state index is 12.2. The molecule has 0 N–H and O–H groups in total. The van der Waals surface area contributed by atoms with Crippen molar-refractivity contribution in [3.8, 4) is 0 Å². The molecule has 0 bridgehead atoms. The molecule has 3 rings (SSSR count). The van der Waals surface area contributed by atoms with E-state index in [1.165, 1.54) is 4.90 Å². The number of amides is 2. The summed E-state index contributed by atoms with van der Waals surface area (Å²) in [5, 5.41) is 4.23. The minimum atomic E-state index is -0.266. The normalized spacial score (nSPS) is 14.1. The van der Waals surface area contributed by atoms with Crippen LogP contribution in [0.5, 0.6) is 0 Å². The number of aromatic nitrogens is 2. The zero-order chi connectivity index (χ0) is 13.6. The van der Waals surface area contributed by atoms with E-state index in [0.717, 1.165) is 4.47 Å². The monoisotopic (exact) mass is 319 g/mol. The Balaban J connectivity index is 1.94. The molecule has 1 aromatic heterocycles. The second-order valence-electron chi connectivity index (χ2n) is 4.34. The van der Waals surface area contributed by atoms with E-state index in [0.29, 0.717) is 16.8 Å². The second kappa shape index (κ2) is 4.31. The van der Waals surface area contributed by atoms with Crippen molar-refractivity contribution in [2.45, 2.75) is 6.54 Å². The summed E-state index contributed by atoms with van der Waals surface area (Å²) in [4.78, 5) is 25.6. The fraction of sp³-hybridized carbons (Fsp3) is 0.154. The lowest BCUT2D eigenvalue weighted by molar-refractivity contribution is 0.0640. The van der Waals surface area contributed by atoms with E-state index in [1.807, 2.05) is 0 Å². The van der Waals surface area contributed by atoms with Gasteiger partial charge in [0.1, 0.15) is 0 Å². The van der Waals surface area contributed by atoms with Crippen LogP contribution < -0.4 is 0 Å². The lowest BCUT2D eigenvalue weighted by Gasteiger charge is -2.12. The molecule has 96 valence electrons. The van der Waals surface area contributed by atoms with Crippen molar-refractivity contribution in [2.24, 2.45) is 7.05 Å². The Kier molecular flexibility index (Phi) is 2.74. The van der Waals surface area contributed by atoms with Gasteiger partial charge in [0, 0.05) is 13.2 Å². The summed E-state index contributed by atoms with van der Waals surface area (Å²) in [6, 6.07) is 6.85. The lowest BCUT2D eigenvalue weighted by atomic mass is 10.1. The highest BCUT2D eigenvalue weighted by Crippen LogP contribution is 2.25. The van der Waals surface area contributed by atoms with Crippen LogP contribution in [0.1, 0.15) is 26.4 Å². The Bertz CT molecular complexity index is 658. The summed E-state index contributed by atoms with van der Waals surface area (Å²) in [6.07, 6.45) is 1.79. The number of nitrogens with zero attached hydrogens (tertiary/aromatic N) is 3. The zero-order valence-electron chi connectivity index (χ0n) is 10.1. The maximum Gasteiger partial charge on any atom is 0.261 e. The maximum atomic E-state index is 12.2. The number of hydrogen-bond acceptors (Lipinski definition) is 3. The van der Waals surface area contributed by atoms with Crippen molar-refractivity contribution in [2.75, 3.05) is 0 Å². The molecule has 0 unspecified atom stereocenters. The summed E-state index contributed by atoms with van der Waals surface area (Å²) in [5.41, 5.74) is 1.58. The van der Waals surface area contributed by atoms with Crippen molar-refractivity contribution in [1.82, 2.24) is 14.7 Å². The number of halogens is 1. The fourth-order valence-corrected chi connectivity index (χ4v) is 2.65. The van der Waals surface area contributed by atoms with Crippen molar-refractivity contribution < 1.29 is 9.59 Å². The number of imide groups is 1. The molecule has 2 aromatic rings. The second-order valence-corrected chi connectivity index (χ2v) is 5.19. The number of hydrogen-bond donors (Lipinski definition) is 0. The van der Waals surface area contributed by atoms with E-state index in [9.17, 15) is 9.59 Å². The smallest absolute Gasteiger partial charge is 0.261 e. The van der Waals surface area contributed by atoms with E-state index in [4.69, 9.17) is 0 Å². The first kappa shape index (κ1) is 12.1. The van der Waals surface area contributed by atoms with Gasteiger partial charge in [0.2, 0.25) is 0 Å². The Morgan fingerprint density at radius 3 is 2.21 bits per heavy atom. The van der Waals surface area contributed by atoms with E-state index in [-0.39, 0.29) is 18.4 Å². The van der Waals surface area contributed by atoms with Crippen LogP contribution in [0.2, 0.25) is 0 Å². The van der Waals surface area contributed by atoms with Gasteiger partial charge in [-0.05, 0) is 28.1 Å². The first-order chi connectivity index (χ1) is 9.08. The molecular formula is C13H10BrN3O2. The predicted octanol–water partition coefficient (Wildman–Crippen LogP) is 1.98. The number of fused-ring (bicyclic) bond motifs is 1. The Hall–Kier alpha value is -1.95. The van der Waals surface area contributed by atoms with Gasteiger partial charge in [0.05, 0.1) is 27.8 Å². The highest BCUT2D eigenvalue weighted by atomic mass is 79.9. The van der Waals surface area contributed by atoms with Crippen molar-refractivity contribution in [3.63, 3.8) is 0 Å². The van der Waals surface area contributed by atoms with Gasteiger partial charge in [-0.1, -0.05) is 12.1 Å². The third-order valence-electron chi connectivity index (χ3n) is 3.04. The van der Waals surface area contributed by atoms with Crippen LogP contribution in [0.15, 0.2) is 34.9 Å². The molecular weight excluding hydrogens is 310 g/mol. The molecule has 1 aliphatic rings. The minimum absolute atomic E-state index is 0.174. The summed E-state index contributed by atoms with van der Waals surface area (Å²) in [7, 11) is 1.79. The summed E-state index contributed by atoms with van der Waals surface area (Å²) < 4.78 is 2.42. The molecule has 0 radical (unpaired) electrons. The number of carbonyl (C=O) groups excluding carboxylic acids is 2. The van der Waals surface area contributed by atoms with Gasteiger partial charge in [-0.3, -0.25) is 19.2 Å². The molecule has 0 atom stereocenters. The average molecular weight is 320 g/mol. The third kappa shape index (κ3) is 1.88. The van der Waals surface area contributed by atoms with Crippen LogP contribution in [-0.4, -0.2) is 26.5 Å². The van der Waals surface area contributed by atoms with Gasteiger partial charge < -0.3 is 0 Å². The Labute approximate surface area is 118 Å². The molecule has 0 saturated carbocycles. The topological polar surface area (TPSA) is 55.2 Å². The van der Waals surface area contributed by atoms with Crippen molar-refractivity contribution in [1.29, 1.82) is 0 Å². The number of carbonyl (C=O) groups is 2. The molecule has 2 amide bonds. The molecule has 19 heavy (non-hydrogen) atoms. The van der Waals surface area contributed by atoms with Crippen LogP contribution in [0.25, 0.3) is 0 Å². The highest BCUT2D eigenvalue weighted by Gasteiger charge is 2.35. The summed E-state index contributed by atoms with van der Waals surface area (Å²) >= 11 is 3.37. The van der Waals surface area contributed by atoms with E-state index < -0.39 is 0 Å². The SMILES string of the molecule is Cn1cc(Br)c(CN2C(=O)c3ccccc3C2=O)n1. The number of benzene rings is 1. The lowest BCUT2D eigenvalue weighted by Crippen LogP contribution is -2.29. The van der Waals surface area contributed by atoms with Crippen LogP contribution in [0.4, 0.5) is 0 Å². The Morgan fingerprint density at radius 1 is 1.16 bits per heavy atom. The van der Waals surface area contributed by atoms with Crippen LogP contribution in [0.3, 0.4) is 0 Å². The first-order valence-corrected chi connectivity index (χ1v) is 6.50. The van der Waals surface area contributed by atoms with E-state index in [2.05, 4.69) is 21.0 Å². The molecule has 6 heteroatoms. The minimum Gasteiger partial charge on any atom is -0.274 e. The molecule has 0 fully saturated rings. The predicted molar refractivity (Wildman–Crippen MR) is 71.6 cm³/mol. The standard InChI is InChI=1S/C13H10BrN3O2/c1-16-6-10(14)11(15-16)7-17-12(18)8-4-2-3-5-9(8)13(17)19/h2-6H,7H2,1H3. The molecule has 0 spiro atoms. The van der Waals surface area contributed by atoms with Crippen molar-refractivity contribution in [3.05, 3.63) is 51.8 Å². The van der Waals surface area contributed by atoms with Gasteiger partial charge in [-0.15, -0.1) is 0 Å². The molecule has 2 heterocycles. The number of rotatable bonds is 2. The van der Waals surface area contributed by atoms with Crippen LogP contribution in [-0.2, 0) is 13.6 Å². The van der Waals surface area contributed by atoms with E-state index >= 15 is 0 Å². The van der Waals surface area contributed by atoms with Gasteiger partial charge >= 0.3 is 0 Å². The van der Waals surface area contributed by atoms with Gasteiger partial charge in [-0.2, -0.15) is 5.10 Å². The summed E-state index contributed by atoms with van der Waals surface area (Å²) in [6.45, 7) is 0.174. The molecule has 0 aliphatic carbocycles. The molecule has 0 saturated heterocycles. The van der Waals surface area contributed by atoms with Crippen LogP contribution >= 0.6 is 15.9 Å². The number of aryl methyl sites for hydroxylation is 1. The van der Waals surface area contributed by atoms with Gasteiger partial charge in [0.25, 0.3) is 11.8 Å². The molecule has 1 aliphatic heterocycles. The van der Waals surface area contributed by atoms with Gasteiger partial charge in [-0.25, -0.2) is 0 Å². The summed E-state index contributed by atoms with van der Waals surface area (Å²) in [5.74, 6) is -0.531. The molecule has 1 aromatic carbocycles. The Morgan fingerprint density at radius 2 is 1.74 bits per heavy atom. The third-order valence-corrected chi connectivity index (χ3v) is 3.70. The first-order valence-electron chi connectivity index (χ1n) is 5.71. The highest BCUT2D eigenvalue weighted by molar-refractivity contribution is 9.10.